The number of halogens is 3. The number of hydrogen-bond donors (Lipinski definition) is 3. The predicted octanol–water partition coefficient (Wildman–Crippen LogP) is 4.26. The molecule has 9 heteroatoms. The molecule has 1 aromatic carbocycles. The van der Waals surface area contributed by atoms with E-state index in [9.17, 15) is 25.0 Å². The van der Waals surface area contributed by atoms with Crippen LogP contribution >= 0.6 is 11.6 Å². The SMILES string of the molecule is C[C@]12C[C@H](O)[C@@]3(F)[C@@H](C[C@H](F)C4=CC(=O)C=C[C@@]43C)[C@@H]1C[C@@H](CN(O)c1cccc(Cl)c1)[C@@H]2C(=O)CO. The maximum absolute atomic E-state index is 17.3. The molecule has 0 aliphatic heterocycles. The highest BCUT2D eigenvalue weighted by Crippen LogP contribution is 2.70. The van der Waals surface area contributed by atoms with Crippen LogP contribution in [0, 0.1) is 34.5 Å². The van der Waals surface area contributed by atoms with Gasteiger partial charge in [-0.15, -0.1) is 0 Å². The zero-order valence-corrected chi connectivity index (χ0v) is 21.5. The normalized spacial score (nSPS) is 42.5. The van der Waals surface area contributed by atoms with Crippen molar-refractivity contribution in [3.8, 4) is 0 Å². The minimum atomic E-state index is -2.25. The summed E-state index contributed by atoms with van der Waals surface area (Å²) in [6.07, 6.45) is 0.669. The van der Waals surface area contributed by atoms with Crippen molar-refractivity contribution in [3.63, 3.8) is 0 Å². The molecule has 3 saturated carbocycles. The molecule has 0 bridgehead atoms. The quantitative estimate of drug-likeness (QED) is 0.487. The van der Waals surface area contributed by atoms with E-state index in [-0.39, 0.29) is 25.0 Å². The number of carbonyl (C=O) groups excluding carboxylic acids is 2. The van der Waals surface area contributed by atoms with E-state index < -0.39 is 70.6 Å². The molecule has 0 aromatic heterocycles. The number of allylic oxidation sites excluding steroid dienone is 4. The number of hydrogen-bond acceptors (Lipinski definition) is 6. The molecular formula is C28H32ClF2NO5. The van der Waals surface area contributed by atoms with Gasteiger partial charge in [0.15, 0.2) is 17.2 Å². The average molecular weight is 536 g/mol. The van der Waals surface area contributed by atoms with E-state index in [0.717, 1.165) is 11.1 Å². The summed E-state index contributed by atoms with van der Waals surface area (Å²) in [4.78, 5) is 25.1. The summed E-state index contributed by atoms with van der Waals surface area (Å²) in [6, 6.07) is 6.58. The molecule has 4 aliphatic rings. The second-order valence-electron chi connectivity index (χ2n) is 11.6. The minimum Gasteiger partial charge on any atom is -0.390 e. The Balaban J connectivity index is 1.55. The Labute approximate surface area is 219 Å². The van der Waals surface area contributed by atoms with Gasteiger partial charge >= 0.3 is 0 Å². The fraction of sp³-hybridized carbons (Fsp3) is 0.571. The number of aliphatic hydroxyl groups excluding tert-OH is 2. The molecule has 1 aromatic rings. The number of aliphatic hydroxyl groups is 2. The number of ketones is 2. The van der Waals surface area contributed by atoms with Gasteiger partial charge in [0.2, 0.25) is 0 Å². The van der Waals surface area contributed by atoms with E-state index in [0.29, 0.717) is 17.1 Å². The molecule has 0 amide bonds. The largest absolute Gasteiger partial charge is 0.390 e. The first-order valence-corrected chi connectivity index (χ1v) is 13.1. The fourth-order valence-corrected chi connectivity index (χ4v) is 8.44. The summed E-state index contributed by atoms with van der Waals surface area (Å²) in [6.45, 7) is 2.63. The molecule has 5 rings (SSSR count). The second-order valence-corrected chi connectivity index (χ2v) is 12.0. The number of rotatable bonds is 5. The Hall–Kier alpha value is -2.13. The van der Waals surface area contributed by atoms with Gasteiger partial charge in [-0.2, -0.15) is 0 Å². The van der Waals surface area contributed by atoms with E-state index in [2.05, 4.69) is 0 Å². The summed E-state index contributed by atoms with van der Waals surface area (Å²) >= 11 is 6.07. The predicted molar refractivity (Wildman–Crippen MR) is 134 cm³/mol. The lowest BCUT2D eigenvalue weighted by atomic mass is 9.45. The molecule has 6 nitrogen and oxygen atoms in total. The van der Waals surface area contributed by atoms with Gasteiger partial charge < -0.3 is 10.2 Å². The molecule has 0 saturated heterocycles. The molecule has 3 fully saturated rings. The van der Waals surface area contributed by atoms with Crippen LogP contribution in [0.1, 0.15) is 33.1 Å². The number of anilines is 1. The number of carbonyl (C=O) groups is 2. The highest BCUT2D eigenvalue weighted by atomic mass is 35.5. The zero-order chi connectivity index (χ0) is 26.9. The van der Waals surface area contributed by atoms with Crippen LogP contribution in [0.4, 0.5) is 14.5 Å². The summed E-state index contributed by atoms with van der Waals surface area (Å²) in [5.74, 6) is -3.56. The lowest BCUT2D eigenvalue weighted by Gasteiger charge is -2.62. The Morgan fingerprint density at radius 2 is 1.97 bits per heavy atom. The second kappa shape index (κ2) is 8.97. The fourth-order valence-electron chi connectivity index (χ4n) is 8.26. The monoisotopic (exact) mass is 535 g/mol. The highest BCUT2D eigenvalue weighted by Gasteiger charge is 2.73. The molecular weight excluding hydrogens is 504 g/mol. The average Bonchev–Trinajstić information content (AvgIpc) is 3.13. The Morgan fingerprint density at radius 3 is 2.65 bits per heavy atom. The summed E-state index contributed by atoms with van der Waals surface area (Å²) < 4.78 is 32.9. The molecule has 4 aliphatic carbocycles. The first-order valence-electron chi connectivity index (χ1n) is 12.7. The van der Waals surface area contributed by atoms with Crippen LogP contribution < -0.4 is 5.06 Å². The van der Waals surface area contributed by atoms with Crippen LogP contribution in [0.5, 0.6) is 0 Å². The van der Waals surface area contributed by atoms with Gasteiger partial charge in [0.1, 0.15) is 12.8 Å². The number of fused-ring (bicyclic) bond motifs is 5. The number of alkyl halides is 2. The molecule has 0 unspecified atom stereocenters. The molecule has 0 radical (unpaired) electrons. The van der Waals surface area contributed by atoms with Gasteiger partial charge in [0.25, 0.3) is 0 Å². The van der Waals surface area contributed by atoms with Crippen molar-refractivity contribution in [2.24, 2.45) is 34.5 Å². The van der Waals surface area contributed by atoms with Crippen molar-refractivity contribution in [2.45, 2.75) is 51.1 Å². The number of nitrogens with zero attached hydrogens (tertiary/aromatic N) is 1. The van der Waals surface area contributed by atoms with Crippen LogP contribution in [-0.4, -0.2) is 58.1 Å². The molecule has 9 atom stereocenters. The number of benzene rings is 1. The van der Waals surface area contributed by atoms with Crippen molar-refractivity contribution in [3.05, 3.63) is 53.1 Å². The van der Waals surface area contributed by atoms with E-state index >= 15 is 8.78 Å². The van der Waals surface area contributed by atoms with Crippen LogP contribution in [0.25, 0.3) is 0 Å². The maximum atomic E-state index is 17.3. The third kappa shape index (κ3) is 3.74. The maximum Gasteiger partial charge on any atom is 0.178 e. The van der Waals surface area contributed by atoms with Crippen molar-refractivity contribution in [2.75, 3.05) is 18.2 Å². The van der Waals surface area contributed by atoms with E-state index in [4.69, 9.17) is 11.6 Å². The minimum absolute atomic E-state index is 0.0147. The smallest absolute Gasteiger partial charge is 0.178 e. The van der Waals surface area contributed by atoms with Gasteiger partial charge in [0, 0.05) is 28.8 Å². The summed E-state index contributed by atoms with van der Waals surface area (Å²) in [5, 5.41) is 33.5. The standard InChI is InChI=1S/C28H32ClF2NO5/c1-26-12-24(36)28(31)20(11-22(30)21-10-18(34)6-7-27(21,28)2)19(26)8-15(25(26)23(35)14-33)13-32(37)17-5-3-4-16(29)9-17/h3-7,9-10,15,19-20,22,24-25,33,36-37H,8,11-14H2,1-2H3/t15-,19-,20-,22-,24-,25+,26-,27-,28-/m0/s1. The van der Waals surface area contributed by atoms with Crippen LogP contribution in [0.2, 0.25) is 5.02 Å². The highest BCUT2D eigenvalue weighted by molar-refractivity contribution is 6.30. The number of hydroxylamine groups is 1. The van der Waals surface area contributed by atoms with E-state index in [1.165, 1.54) is 19.1 Å². The number of Topliss-reactive ketones (excluding diaryl/α,β-unsaturated/α-hetero) is 1. The Morgan fingerprint density at radius 1 is 1.24 bits per heavy atom. The first kappa shape index (κ1) is 26.5. The molecule has 37 heavy (non-hydrogen) atoms. The van der Waals surface area contributed by atoms with Gasteiger partial charge in [0.05, 0.1) is 11.8 Å². The summed E-state index contributed by atoms with van der Waals surface area (Å²) in [7, 11) is 0. The lowest BCUT2D eigenvalue weighted by molar-refractivity contribution is -0.202. The van der Waals surface area contributed by atoms with Gasteiger partial charge in [-0.25, -0.2) is 8.78 Å². The van der Waals surface area contributed by atoms with Gasteiger partial charge in [-0.1, -0.05) is 30.7 Å². The topological polar surface area (TPSA) is 98.1 Å². The molecule has 3 N–H and O–H groups in total. The Kier molecular flexibility index (Phi) is 6.42. The third-order valence-corrected chi connectivity index (χ3v) is 10.1. The molecule has 0 heterocycles. The van der Waals surface area contributed by atoms with Crippen molar-refractivity contribution < 1.29 is 33.8 Å². The molecule has 0 spiro atoms. The summed E-state index contributed by atoms with van der Waals surface area (Å²) in [5.41, 5.74) is -4.23. The molecule has 200 valence electrons. The van der Waals surface area contributed by atoms with Crippen molar-refractivity contribution >= 4 is 28.9 Å². The lowest BCUT2D eigenvalue weighted by Crippen LogP contribution is -2.68. The first-order chi connectivity index (χ1) is 17.4. The van der Waals surface area contributed by atoms with Gasteiger partial charge in [-0.05, 0) is 79.4 Å². The van der Waals surface area contributed by atoms with Crippen molar-refractivity contribution in [1.82, 2.24) is 0 Å². The van der Waals surface area contributed by atoms with Crippen LogP contribution in [0.3, 0.4) is 0 Å². The third-order valence-electron chi connectivity index (χ3n) is 9.82. The van der Waals surface area contributed by atoms with Gasteiger partial charge in [-0.3, -0.25) is 19.9 Å². The zero-order valence-electron chi connectivity index (χ0n) is 20.8. The van der Waals surface area contributed by atoms with E-state index in [1.807, 2.05) is 0 Å². The Bertz CT molecular complexity index is 1190. The van der Waals surface area contributed by atoms with Crippen LogP contribution in [0.15, 0.2) is 48.1 Å². The van der Waals surface area contributed by atoms with Crippen LogP contribution in [-0.2, 0) is 9.59 Å². The van der Waals surface area contributed by atoms with E-state index in [1.54, 1.807) is 31.2 Å². The van der Waals surface area contributed by atoms with Crippen molar-refractivity contribution in [1.29, 1.82) is 0 Å².